The Bertz CT molecular complexity index is 390. The van der Waals surface area contributed by atoms with Crippen LogP contribution in [0.2, 0.25) is 0 Å². The van der Waals surface area contributed by atoms with Crippen LogP contribution in [0, 0.1) is 5.92 Å². The van der Waals surface area contributed by atoms with Crippen LogP contribution in [0.4, 0.5) is 5.69 Å². The molecule has 1 aliphatic heterocycles. The molecule has 2 nitrogen and oxygen atoms in total. The molecule has 1 aromatic rings. The summed E-state index contributed by atoms with van der Waals surface area (Å²) in [5.41, 5.74) is 8.19. The summed E-state index contributed by atoms with van der Waals surface area (Å²) >= 11 is 3.60. The minimum absolute atomic E-state index is 0.592. The Morgan fingerprint density at radius 3 is 2.82 bits per heavy atom. The molecule has 1 aromatic carbocycles. The van der Waals surface area contributed by atoms with E-state index in [1.807, 2.05) is 0 Å². The van der Waals surface area contributed by atoms with Gasteiger partial charge in [0.05, 0.1) is 0 Å². The summed E-state index contributed by atoms with van der Waals surface area (Å²) in [7, 11) is 0. The predicted octanol–water partition coefficient (Wildman–Crippen LogP) is 3.53. The third-order valence-corrected chi connectivity index (χ3v) is 4.40. The van der Waals surface area contributed by atoms with Gasteiger partial charge in [-0.2, -0.15) is 0 Å². The monoisotopic (exact) mass is 296 g/mol. The highest BCUT2D eigenvalue weighted by Gasteiger charge is 2.27. The van der Waals surface area contributed by atoms with Crippen molar-refractivity contribution in [3.8, 4) is 0 Å². The second-order valence-corrected chi connectivity index (χ2v) is 5.98. The van der Waals surface area contributed by atoms with E-state index in [2.05, 4.69) is 52.9 Å². The lowest BCUT2D eigenvalue weighted by molar-refractivity contribution is 0.492. The smallest absolute Gasteiger partial charge is 0.0380 e. The molecule has 1 saturated heterocycles. The number of anilines is 1. The van der Waals surface area contributed by atoms with Gasteiger partial charge in [-0.1, -0.05) is 35.8 Å². The summed E-state index contributed by atoms with van der Waals surface area (Å²) in [5, 5.41) is 0. The molecule has 0 aromatic heterocycles. The van der Waals surface area contributed by atoms with Crippen molar-refractivity contribution in [1.82, 2.24) is 0 Å². The van der Waals surface area contributed by atoms with Crippen LogP contribution in [0.1, 0.15) is 32.3 Å². The van der Waals surface area contributed by atoms with Crippen molar-refractivity contribution in [2.75, 3.05) is 11.4 Å². The highest BCUT2D eigenvalue weighted by Crippen LogP contribution is 2.32. The van der Waals surface area contributed by atoms with Crippen molar-refractivity contribution < 1.29 is 0 Å². The average Bonchev–Trinajstić information content (AvgIpc) is 2.77. The van der Waals surface area contributed by atoms with E-state index in [0.717, 1.165) is 4.47 Å². The number of rotatable bonds is 3. The lowest BCUT2D eigenvalue weighted by atomic mass is 10.0. The fraction of sp³-hybridized carbons (Fsp3) is 0.571. The van der Waals surface area contributed by atoms with Crippen molar-refractivity contribution in [2.24, 2.45) is 11.7 Å². The van der Waals surface area contributed by atoms with Crippen LogP contribution in [0.3, 0.4) is 0 Å². The molecule has 2 N–H and O–H groups in total. The summed E-state index contributed by atoms with van der Waals surface area (Å²) < 4.78 is 1.13. The molecule has 2 rings (SSSR count). The molecule has 0 spiro atoms. The van der Waals surface area contributed by atoms with Crippen LogP contribution in [-0.2, 0) is 6.54 Å². The van der Waals surface area contributed by atoms with E-state index in [0.29, 0.717) is 18.5 Å². The first-order valence-electron chi connectivity index (χ1n) is 6.38. The molecule has 1 atom stereocenters. The summed E-state index contributed by atoms with van der Waals surface area (Å²) in [6.45, 7) is 6.39. The van der Waals surface area contributed by atoms with E-state index in [4.69, 9.17) is 5.73 Å². The van der Waals surface area contributed by atoms with Gasteiger partial charge >= 0.3 is 0 Å². The first kappa shape index (κ1) is 12.9. The molecule has 1 heterocycles. The van der Waals surface area contributed by atoms with E-state index in [1.54, 1.807) is 0 Å². The largest absolute Gasteiger partial charge is 0.368 e. The molecular weight excluding hydrogens is 276 g/mol. The standard InChI is InChI=1S/C14H21BrN2/c1-10(2)14-4-3-7-17(14)12-6-5-11(9-16)13(15)8-12/h5-6,8,10,14H,3-4,7,9,16H2,1-2H3. The molecule has 17 heavy (non-hydrogen) atoms. The lowest BCUT2D eigenvalue weighted by Crippen LogP contribution is -2.33. The topological polar surface area (TPSA) is 29.3 Å². The number of hydrogen-bond donors (Lipinski definition) is 1. The van der Waals surface area contributed by atoms with Crippen LogP contribution in [-0.4, -0.2) is 12.6 Å². The lowest BCUT2D eigenvalue weighted by Gasteiger charge is -2.30. The van der Waals surface area contributed by atoms with Crippen molar-refractivity contribution in [2.45, 2.75) is 39.3 Å². The molecular formula is C14H21BrN2. The summed E-state index contributed by atoms with van der Waals surface area (Å²) in [6, 6.07) is 7.23. The second kappa shape index (κ2) is 5.40. The van der Waals surface area contributed by atoms with Gasteiger partial charge < -0.3 is 10.6 Å². The third-order valence-electron chi connectivity index (χ3n) is 3.66. The molecule has 1 fully saturated rings. The average molecular weight is 297 g/mol. The van der Waals surface area contributed by atoms with Crippen LogP contribution in [0.15, 0.2) is 22.7 Å². The Morgan fingerprint density at radius 1 is 1.47 bits per heavy atom. The summed E-state index contributed by atoms with van der Waals surface area (Å²) in [5.74, 6) is 0.713. The van der Waals surface area contributed by atoms with Crippen LogP contribution in [0.5, 0.6) is 0 Å². The minimum Gasteiger partial charge on any atom is -0.368 e. The van der Waals surface area contributed by atoms with Gasteiger partial charge in [0, 0.05) is 29.3 Å². The maximum absolute atomic E-state index is 5.69. The normalized spacial score (nSPS) is 20.3. The number of halogens is 1. The van der Waals surface area contributed by atoms with E-state index < -0.39 is 0 Å². The van der Waals surface area contributed by atoms with E-state index in [-0.39, 0.29) is 0 Å². The SMILES string of the molecule is CC(C)C1CCCN1c1ccc(CN)c(Br)c1. The van der Waals surface area contributed by atoms with Crippen molar-refractivity contribution >= 4 is 21.6 Å². The number of nitrogens with two attached hydrogens (primary N) is 1. The Morgan fingerprint density at radius 2 is 2.24 bits per heavy atom. The van der Waals surface area contributed by atoms with Gasteiger partial charge in [0.1, 0.15) is 0 Å². The number of benzene rings is 1. The zero-order valence-corrected chi connectivity index (χ0v) is 12.2. The Labute approximate surface area is 112 Å². The van der Waals surface area contributed by atoms with Crippen molar-refractivity contribution in [3.05, 3.63) is 28.2 Å². The van der Waals surface area contributed by atoms with Crippen LogP contribution >= 0.6 is 15.9 Å². The Hall–Kier alpha value is -0.540. The Kier molecular flexibility index (Phi) is 4.10. The van der Waals surface area contributed by atoms with Gasteiger partial charge in [-0.25, -0.2) is 0 Å². The molecule has 0 bridgehead atoms. The van der Waals surface area contributed by atoms with E-state index in [1.165, 1.54) is 30.6 Å². The van der Waals surface area contributed by atoms with Gasteiger partial charge in [-0.3, -0.25) is 0 Å². The maximum atomic E-state index is 5.69. The molecule has 94 valence electrons. The van der Waals surface area contributed by atoms with Crippen LogP contribution < -0.4 is 10.6 Å². The zero-order chi connectivity index (χ0) is 12.4. The molecule has 1 unspecified atom stereocenters. The molecule has 0 radical (unpaired) electrons. The predicted molar refractivity (Wildman–Crippen MR) is 77.2 cm³/mol. The second-order valence-electron chi connectivity index (χ2n) is 5.13. The fourth-order valence-electron chi connectivity index (χ4n) is 2.69. The third kappa shape index (κ3) is 2.66. The fourth-order valence-corrected chi connectivity index (χ4v) is 3.22. The number of nitrogens with zero attached hydrogens (tertiary/aromatic N) is 1. The highest BCUT2D eigenvalue weighted by molar-refractivity contribution is 9.10. The van der Waals surface area contributed by atoms with Gasteiger partial charge in [0.15, 0.2) is 0 Å². The molecule has 3 heteroatoms. The van der Waals surface area contributed by atoms with E-state index in [9.17, 15) is 0 Å². The number of hydrogen-bond acceptors (Lipinski definition) is 2. The van der Waals surface area contributed by atoms with Gasteiger partial charge in [-0.15, -0.1) is 0 Å². The van der Waals surface area contributed by atoms with Gasteiger partial charge in [0.2, 0.25) is 0 Å². The molecule has 0 aliphatic carbocycles. The molecule has 1 aliphatic rings. The summed E-state index contributed by atoms with van der Waals surface area (Å²) in [4.78, 5) is 2.54. The quantitative estimate of drug-likeness (QED) is 0.924. The summed E-state index contributed by atoms with van der Waals surface area (Å²) in [6.07, 6.45) is 2.62. The van der Waals surface area contributed by atoms with E-state index >= 15 is 0 Å². The van der Waals surface area contributed by atoms with Gasteiger partial charge in [-0.05, 0) is 36.5 Å². The van der Waals surface area contributed by atoms with Crippen molar-refractivity contribution in [3.63, 3.8) is 0 Å². The first-order chi connectivity index (χ1) is 8.13. The molecule has 0 saturated carbocycles. The van der Waals surface area contributed by atoms with Gasteiger partial charge in [0.25, 0.3) is 0 Å². The highest BCUT2D eigenvalue weighted by atomic mass is 79.9. The van der Waals surface area contributed by atoms with Crippen molar-refractivity contribution in [1.29, 1.82) is 0 Å². The van der Waals surface area contributed by atoms with Crippen LogP contribution in [0.25, 0.3) is 0 Å². The Balaban J connectivity index is 2.24. The minimum atomic E-state index is 0.592. The zero-order valence-electron chi connectivity index (χ0n) is 10.6. The molecule has 0 amide bonds. The maximum Gasteiger partial charge on any atom is 0.0380 e. The first-order valence-corrected chi connectivity index (χ1v) is 7.18.